The Balaban J connectivity index is 2.32. The molecule has 3 N–H and O–H groups in total. The molecule has 15 heteroatoms. The van der Waals surface area contributed by atoms with Crippen molar-refractivity contribution in [3.05, 3.63) is 29.8 Å². The highest BCUT2D eigenvalue weighted by molar-refractivity contribution is 7.91. The first-order valence-electron chi connectivity index (χ1n) is 11.1. The number of halogens is 5. The van der Waals surface area contributed by atoms with E-state index in [-0.39, 0.29) is 0 Å². The number of nitrogens with one attached hydrogen (secondary N) is 1. The molecule has 208 valence electrons. The van der Waals surface area contributed by atoms with Gasteiger partial charge in [0.05, 0.1) is 30.2 Å². The predicted octanol–water partition coefficient (Wildman–Crippen LogP) is 1.45. The molecule has 2 unspecified atom stereocenters. The van der Waals surface area contributed by atoms with Crippen molar-refractivity contribution >= 4 is 27.4 Å². The number of nitrogens with two attached hydrogens (primary N) is 1. The van der Waals surface area contributed by atoms with E-state index < -0.39 is 88.0 Å². The summed E-state index contributed by atoms with van der Waals surface area (Å²) >= 11 is 0. The highest BCUT2D eigenvalue weighted by Gasteiger charge is 2.56. The van der Waals surface area contributed by atoms with Crippen molar-refractivity contribution in [3.8, 4) is 5.75 Å². The summed E-state index contributed by atoms with van der Waals surface area (Å²) in [5.41, 5.74) is 5.78. The van der Waals surface area contributed by atoms with Crippen LogP contribution in [0.2, 0.25) is 0 Å². The molecule has 1 aliphatic rings. The van der Waals surface area contributed by atoms with Gasteiger partial charge in [0.1, 0.15) is 12.3 Å². The highest BCUT2D eigenvalue weighted by atomic mass is 32.2. The smallest absolute Gasteiger partial charge is 0.405 e. The molecule has 37 heavy (non-hydrogen) atoms. The van der Waals surface area contributed by atoms with Crippen LogP contribution in [0.3, 0.4) is 0 Å². The van der Waals surface area contributed by atoms with E-state index in [1.807, 2.05) is 0 Å². The van der Waals surface area contributed by atoms with Crippen LogP contribution in [0.5, 0.6) is 5.75 Å². The van der Waals surface area contributed by atoms with Gasteiger partial charge in [-0.1, -0.05) is 26.0 Å². The van der Waals surface area contributed by atoms with Crippen molar-refractivity contribution in [2.24, 2.45) is 11.7 Å². The Bertz CT molecular complexity index is 1110. The lowest BCUT2D eigenvalue weighted by molar-refractivity contribution is -0.167. The van der Waals surface area contributed by atoms with E-state index in [0.29, 0.717) is 11.3 Å². The van der Waals surface area contributed by atoms with Gasteiger partial charge in [0, 0.05) is 6.54 Å². The molecule has 0 radical (unpaired) electrons. The monoisotopic (exact) mass is 557 g/mol. The van der Waals surface area contributed by atoms with Crippen molar-refractivity contribution in [1.82, 2.24) is 10.2 Å². The molecular formula is C22H28F5N3O6S. The number of carbonyl (C=O) groups excluding carboxylic acids is 3. The zero-order chi connectivity index (χ0) is 28.3. The first-order chi connectivity index (χ1) is 16.9. The average Bonchev–Trinajstić information content (AvgIpc) is 3.23. The number of rotatable bonds is 11. The maximum absolute atomic E-state index is 14.7. The number of nitrogens with zero attached hydrogens (tertiary/aromatic N) is 1. The molecule has 0 spiro atoms. The second kappa shape index (κ2) is 11.3. The maximum Gasteiger partial charge on any atom is 0.405 e. The van der Waals surface area contributed by atoms with E-state index in [1.54, 1.807) is 0 Å². The Labute approximate surface area is 210 Å². The largest absolute Gasteiger partial charge is 0.497 e. The van der Waals surface area contributed by atoms with E-state index in [9.17, 15) is 44.8 Å². The Morgan fingerprint density at radius 1 is 1.14 bits per heavy atom. The quantitative estimate of drug-likeness (QED) is 0.311. The Morgan fingerprint density at radius 2 is 1.70 bits per heavy atom. The van der Waals surface area contributed by atoms with Crippen LogP contribution >= 0.6 is 0 Å². The number of likely N-dealkylation sites (tertiary alicyclic amines) is 1. The predicted molar refractivity (Wildman–Crippen MR) is 121 cm³/mol. The Kier molecular flexibility index (Phi) is 9.28. The summed E-state index contributed by atoms with van der Waals surface area (Å²) in [5, 5.41) is -0.289. The van der Waals surface area contributed by atoms with Crippen LogP contribution in [0.25, 0.3) is 0 Å². The van der Waals surface area contributed by atoms with Gasteiger partial charge in [-0.25, -0.2) is 8.42 Å². The van der Waals surface area contributed by atoms with Gasteiger partial charge in [0.2, 0.25) is 11.7 Å². The molecule has 0 aliphatic carbocycles. The second-order valence-corrected chi connectivity index (χ2v) is 11.3. The summed E-state index contributed by atoms with van der Waals surface area (Å²) < 4.78 is 97.6. The van der Waals surface area contributed by atoms with Crippen molar-refractivity contribution < 1.29 is 49.5 Å². The normalized spacial score (nSPS) is 20.0. The third-order valence-corrected chi connectivity index (χ3v) is 8.06. The number of hydrogen-bond acceptors (Lipinski definition) is 7. The van der Waals surface area contributed by atoms with E-state index in [2.05, 4.69) is 0 Å². The summed E-state index contributed by atoms with van der Waals surface area (Å²) in [5.74, 6) is -11.5. The number of ketones is 1. The number of carbonyl (C=O) groups is 3. The fraction of sp³-hybridized carbons (Fsp3) is 0.591. The number of amides is 2. The molecule has 1 heterocycles. The van der Waals surface area contributed by atoms with Gasteiger partial charge in [-0.2, -0.15) is 22.0 Å². The first-order valence-corrected chi connectivity index (χ1v) is 12.8. The van der Waals surface area contributed by atoms with Crippen molar-refractivity contribution in [2.45, 2.75) is 55.5 Å². The summed E-state index contributed by atoms with van der Waals surface area (Å²) in [7, 11) is -2.56. The molecule has 1 aliphatic heterocycles. The molecule has 2 rings (SSSR count). The number of alkyl halides is 5. The van der Waals surface area contributed by atoms with Crippen LogP contribution < -0.4 is 15.8 Å². The van der Waals surface area contributed by atoms with Crippen LogP contribution in [-0.4, -0.2) is 80.5 Å². The van der Waals surface area contributed by atoms with Crippen molar-refractivity contribution in [3.63, 3.8) is 0 Å². The van der Waals surface area contributed by atoms with Crippen LogP contribution in [0, 0.1) is 5.92 Å². The van der Waals surface area contributed by atoms with E-state index in [4.69, 9.17) is 10.5 Å². The van der Waals surface area contributed by atoms with Gasteiger partial charge in [-0.15, -0.1) is 0 Å². The minimum Gasteiger partial charge on any atom is -0.497 e. The van der Waals surface area contributed by atoms with Gasteiger partial charge in [-0.3, -0.25) is 19.3 Å². The average molecular weight is 558 g/mol. The van der Waals surface area contributed by atoms with Crippen molar-refractivity contribution in [1.29, 1.82) is 0 Å². The van der Waals surface area contributed by atoms with Gasteiger partial charge >= 0.3 is 12.1 Å². The first kappa shape index (κ1) is 30.4. The fourth-order valence-electron chi connectivity index (χ4n) is 4.17. The Hall–Kier alpha value is -2.81. The molecule has 0 saturated carbocycles. The third kappa shape index (κ3) is 7.37. The maximum atomic E-state index is 14.7. The lowest BCUT2D eigenvalue weighted by Gasteiger charge is -2.34. The lowest BCUT2D eigenvalue weighted by Crippen LogP contribution is -2.59. The van der Waals surface area contributed by atoms with Crippen LogP contribution in [0.4, 0.5) is 22.0 Å². The van der Waals surface area contributed by atoms with E-state index in [1.165, 1.54) is 45.2 Å². The number of benzene rings is 1. The minimum atomic E-state index is -5.00. The fourth-order valence-corrected chi connectivity index (χ4v) is 5.93. The van der Waals surface area contributed by atoms with Crippen molar-refractivity contribution in [2.75, 3.05) is 20.2 Å². The summed E-state index contributed by atoms with van der Waals surface area (Å²) in [4.78, 5) is 37.6. The molecule has 0 aromatic heterocycles. The summed E-state index contributed by atoms with van der Waals surface area (Å²) in [6.45, 7) is 0.00822. The molecule has 0 bridgehead atoms. The molecule has 1 saturated heterocycles. The standard InChI is InChI=1S/C22H28F5N3O6S/c1-12(2)17(18(31)22(26,27)20(33)29-11-21(23,24)25)30-9-15(8-16(30)19(28)32)37(34,35)10-13-4-6-14(36-3)7-5-13/h4-7,12,15-17H,8-11H2,1-3H3,(H2,28,32)(H,29,33)/t15?,16?,17-/m0/s1. The number of sulfone groups is 1. The molecule has 1 aromatic rings. The van der Waals surface area contributed by atoms with E-state index >= 15 is 0 Å². The lowest BCUT2D eigenvalue weighted by atomic mass is 9.93. The van der Waals surface area contributed by atoms with Gasteiger partial charge < -0.3 is 15.8 Å². The van der Waals surface area contributed by atoms with Gasteiger partial charge in [-0.05, 0) is 30.0 Å². The number of hydrogen-bond donors (Lipinski definition) is 2. The van der Waals surface area contributed by atoms with E-state index in [0.717, 1.165) is 10.2 Å². The van der Waals surface area contributed by atoms with Gasteiger partial charge in [0.15, 0.2) is 9.84 Å². The number of primary amides is 1. The second-order valence-electron chi connectivity index (χ2n) is 9.05. The number of Topliss-reactive ketones (excluding diaryl/α,β-unsaturated/α-hetero) is 1. The minimum absolute atomic E-state index is 0.388. The number of methoxy groups -OCH3 is 1. The molecule has 3 atom stereocenters. The summed E-state index contributed by atoms with van der Waals surface area (Å²) in [6, 6.07) is 2.77. The summed E-state index contributed by atoms with van der Waals surface area (Å²) in [6.07, 6.45) is -5.39. The molecular weight excluding hydrogens is 529 g/mol. The SMILES string of the molecule is COc1ccc(CS(=O)(=O)C2CC(C(N)=O)N([C@H](C(=O)C(F)(F)C(=O)NCC(F)(F)F)C(C)C)C2)cc1. The molecule has 2 amide bonds. The van der Waals surface area contributed by atoms with Gasteiger partial charge in [0.25, 0.3) is 5.91 Å². The Morgan fingerprint density at radius 3 is 2.16 bits per heavy atom. The topological polar surface area (TPSA) is 136 Å². The number of ether oxygens (including phenoxy) is 1. The van der Waals surface area contributed by atoms with Crippen LogP contribution in [0.1, 0.15) is 25.8 Å². The molecule has 9 nitrogen and oxygen atoms in total. The molecule has 1 fully saturated rings. The zero-order valence-corrected chi connectivity index (χ0v) is 21.0. The molecule has 1 aromatic carbocycles. The van der Waals surface area contributed by atoms with Crippen LogP contribution in [-0.2, 0) is 30.0 Å². The highest BCUT2D eigenvalue weighted by Crippen LogP contribution is 2.33. The zero-order valence-electron chi connectivity index (χ0n) is 20.2. The van der Waals surface area contributed by atoms with Crippen LogP contribution in [0.15, 0.2) is 24.3 Å². The third-order valence-electron chi connectivity index (χ3n) is 5.97.